The summed E-state index contributed by atoms with van der Waals surface area (Å²) in [5.41, 5.74) is 1.82. The molecule has 0 N–H and O–H groups in total. The first-order valence-electron chi connectivity index (χ1n) is 4.36. The maximum atomic E-state index is 12.0. The van der Waals surface area contributed by atoms with Crippen molar-refractivity contribution in [1.29, 1.82) is 0 Å². The molecule has 0 aliphatic carbocycles. The second-order valence-electron chi connectivity index (χ2n) is 2.77. The van der Waals surface area contributed by atoms with Crippen molar-refractivity contribution in [2.45, 2.75) is 33.9 Å². The molecular formula is C11H17F. The van der Waals surface area contributed by atoms with Gasteiger partial charge in [0.05, 0.1) is 0 Å². The molecule has 1 aromatic rings. The molecule has 0 amide bonds. The third-order valence-corrected chi connectivity index (χ3v) is 1.41. The van der Waals surface area contributed by atoms with Crippen LogP contribution in [-0.2, 0) is 6.67 Å². The predicted octanol–water partition coefficient (Wildman–Crippen LogP) is 3.88. The van der Waals surface area contributed by atoms with Crippen LogP contribution in [0.4, 0.5) is 4.39 Å². The van der Waals surface area contributed by atoms with Gasteiger partial charge < -0.3 is 0 Å². The van der Waals surface area contributed by atoms with Crippen LogP contribution in [0, 0.1) is 6.92 Å². The van der Waals surface area contributed by atoms with Gasteiger partial charge in [0, 0.05) is 0 Å². The summed E-state index contributed by atoms with van der Waals surface area (Å²) in [5.74, 6) is 0. The quantitative estimate of drug-likeness (QED) is 0.597. The van der Waals surface area contributed by atoms with Crippen molar-refractivity contribution in [3.8, 4) is 0 Å². The van der Waals surface area contributed by atoms with Crippen molar-refractivity contribution in [2.75, 3.05) is 0 Å². The lowest BCUT2D eigenvalue weighted by molar-refractivity contribution is 0.483. The Balaban J connectivity index is 0.000000354. The molecule has 0 bridgehead atoms. The number of rotatable bonds is 1. The first-order valence-corrected chi connectivity index (χ1v) is 4.36. The summed E-state index contributed by atoms with van der Waals surface area (Å²) in [4.78, 5) is 0. The van der Waals surface area contributed by atoms with Crippen LogP contribution in [0.5, 0.6) is 0 Å². The van der Waals surface area contributed by atoms with E-state index in [1.807, 2.05) is 25.1 Å². The summed E-state index contributed by atoms with van der Waals surface area (Å²) in [6.07, 6.45) is 1.25. The molecule has 1 heteroatoms. The van der Waals surface area contributed by atoms with E-state index in [1.165, 1.54) is 6.42 Å². The van der Waals surface area contributed by atoms with Crippen LogP contribution >= 0.6 is 0 Å². The first-order chi connectivity index (χ1) is 5.76. The van der Waals surface area contributed by atoms with Gasteiger partial charge in [-0.3, -0.25) is 0 Å². The highest BCUT2D eigenvalue weighted by molar-refractivity contribution is 5.24. The molecule has 0 heterocycles. The van der Waals surface area contributed by atoms with Crippen LogP contribution in [0.2, 0.25) is 0 Å². The minimum atomic E-state index is -0.354. The van der Waals surface area contributed by atoms with Crippen molar-refractivity contribution < 1.29 is 4.39 Å². The third kappa shape index (κ3) is 4.12. The van der Waals surface area contributed by atoms with E-state index in [9.17, 15) is 4.39 Å². The highest BCUT2D eigenvalue weighted by atomic mass is 19.1. The van der Waals surface area contributed by atoms with Gasteiger partial charge in [-0.1, -0.05) is 44.5 Å². The molecule has 0 unspecified atom stereocenters. The maximum Gasteiger partial charge on any atom is 0.115 e. The Morgan fingerprint density at radius 2 is 1.67 bits per heavy atom. The SMILES string of the molecule is CCC.Cc1ccccc1CF. The monoisotopic (exact) mass is 168 g/mol. The molecule has 0 aromatic heterocycles. The molecule has 0 nitrogen and oxygen atoms in total. The van der Waals surface area contributed by atoms with Crippen LogP contribution < -0.4 is 0 Å². The second kappa shape index (κ2) is 6.84. The molecule has 0 aliphatic rings. The summed E-state index contributed by atoms with van der Waals surface area (Å²) >= 11 is 0. The fourth-order valence-corrected chi connectivity index (χ4v) is 0.760. The fourth-order valence-electron chi connectivity index (χ4n) is 0.760. The van der Waals surface area contributed by atoms with Crippen LogP contribution in [-0.4, -0.2) is 0 Å². The van der Waals surface area contributed by atoms with E-state index in [1.54, 1.807) is 6.07 Å². The van der Waals surface area contributed by atoms with Gasteiger partial charge in [-0.25, -0.2) is 4.39 Å². The number of alkyl halides is 1. The number of halogens is 1. The Kier molecular flexibility index (Phi) is 6.35. The molecule has 0 aliphatic heterocycles. The minimum absolute atomic E-state index is 0.354. The number of hydrogen-bond acceptors (Lipinski definition) is 0. The van der Waals surface area contributed by atoms with Crippen molar-refractivity contribution >= 4 is 0 Å². The maximum absolute atomic E-state index is 12.0. The molecule has 0 spiro atoms. The smallest absolute Gasteiger partial charge is 0.115 e. The summed E-state index contributed by atoms with van der Waals surface area (Å²) in [6, 6.07) is 7.47. The van der Waals surface area contributed by atoms with E-state index in [2.05, 4.69) is 13.8 Å². The standard InChI is InChI=1S/C8H9F.C3H8/c1-7-4-2-3-5-8(7)6-9;1-3-2/h2-5H,6H2,1H3;3H2,1-2H3. The van der Waals surface area contributed by atoms with E-state index in [4.69, 9.17) is 0 Å². The van der Waals surface area contributed by atoms with E-state index in [0.29, 0.717) is 0 Å². The van der Waals surface area contributed by atoms with Crippen molar-refractivity contribution in [3.63, 3.8) is 0 Å². The molecule has 0 fully saturated rings. The second-order valence-corrected chi connectivity index (χ2v) is 2.77. The highest BCUT2D eigenvalue weighted by Gasteiger charge is 1.91. The minimum Gasteiger partial charge on any atom is -0.246 e. The summed E-state index contributed by atoms with van der Waals surface area (Å²) in [5, 5.41) is 0. The summed E-state index contributed by atoms with van der Waals surface area (Å²) < 4.78 is 12.0. The van der Waals surface area contributed by atoms with Crippen LogP contribution in [0.3, 0.4) is 0 Å². The van der Waals surface area contributed by atoms with Gasteiger partial charge in [-0.05, 0) is 18.1 Å². The molecule has 0 saturated carbocycles. The predicted molar refractivity (Wildman–Crippen MR) is 52.0 cm³/mol. The number of hydrogen-bond donors (Lipinski definition) is 0. The normalized spacial score (nSPS) is 8.67. The average Bonchev–Trinajstić information content (AvgIpc) is 2.07. The van der Waals surface area contributed by atoms with Crippen molar-refractivity contribution in [2.24, 2.45) is 0 Å². The summed E-state index contributed by atoms with van der Waals surface area (Å²) in [7, 11) is 0. The van der Waals surface area contributed by atoms with Gasteiger partial charge in [0.2, 0.25) is 0 Å². The Morgan fingerprint density at radius 1 is 1.17 bits per heavy atom. The molecule has 12 heavy (non-hydrogen) atoms. The van der Waals surface area contributed by atoms with E-state index >= 15 is 0 Å². The number of benzene rings is 1. The summed E-state index contributed by atoms with van der Waals surface area (Å²) in [6.45, 7) is 5.81. The van der Waals surface area contributed by atoms with Crippen molar-refractivity contribution in [1.82, 2.24) is 0 Å². The van der Waals surface area contributed by atoms with E-state index in [-0.39, 0.29) is 6.67 Å². The van der Waals surface area contributed by atoms with Gasteiger partial charge in [0.1, 0.15) is 6.67 Å². The average molecular weight is 168 g/mol. The van der Waals surface area contributed by atoms with Crippen LogP contribution in [0.1, 0.15) is 31.4 Å². The molecule has 1 rings (SSSR count). The molecule has 0 radical (unpaired) electrons. The Morgan fingerprint density at radius 3 is 2.00 bits per heavy atom. The fraction of sp³-hybridized carbons (Fsp3) is 0.455. The lowest BCUT2D eigenvalue weighted by Crippen LogP contribution is -1.81. The molecule has 68 valence electrons. The molecule has 0 saturated heterocycles. The number of aryl methyl sites for hydroxylation is 1. The Bertz CT molecular complexity index is 206. The Labute approximate surface area is 74.4 Å². The third-order valence-electron chi connectivity index (χ3n) is 1.41. The van der Waals surface area contributed by atoms with Crippen LogP contribution in [0.15, 0.2) is 24.3 Å². The van der Waals surface area contributed by atoms with E-state index < -0.39 is 0 Å². The van der Waals surface area contributed by atoms with E-state index in [0.717, 1.165) is 11.1 Å². The van der Waals surface area contributed by atoms with Gasteiger partial charge in [0.25, 0.3) is 0 Å². The largest absolute Gasteiger partial charge is 0.246 e. The lowest BCUT2D eigenvalue weighted by Gasteiger charge is -1.96. The zero-order valence-corrected chi connectivity index (χ0v) is 8.10. The molecule has 1 aromatic carbocycles. The molecular weight excluding hydrogens is 151 g/mol. The van der Waals surface area contributed by atoms with Gasteiger partial charge >= 0.3 is 0 Å². The van der Waals surface area contributed by atoms with Gasteiger partial charge in [-0.15, -0.1) is 0 Å². The van der Waals surface area contributed by atoms with Crippen molar-refractivity contribution in [3.05, 3.63) is 35.4 Å². The highest BCUT2D eigenvalue weighted by Crippen LogP contribution is 2.06. The molecule has 0 atom stereocenters. The lowest BCUT2D eigenvalue weighted by atomic mass is 10.1. The topological polar surface area (TPSA) is 0 Å². The van der Waals surface area contributed by atoms with Gasteiger partial charge in [0.15, 0.2) is 0 Å². The van der Waals surface area contributed by atoms with Crippen LogP contribution in [0.25, 0.3) is 0 Å². The van der Waals surface area contributed by atoms with Gasteiger partial charge in [-0.2, -0.15) is 0 Å². The zero-order chi connectivity index (χ0) is 9.40. The Hall–Kier alpha value is -0.850. The first kappa shape index (κ1) is 11.2. The zero-order valence-electron chi connectivity index (χ0n) is 8.10.